The monoisotopic (exact) mass is 365 g/mol. The molecule has 2 aliphatic heterocycles. The van der Waals surface area contributed by atoms with Crippen LogP contribution in [-0.4, -0.2) is 61.3 Å². The van der Waals surface area contributed by atoms with Gasteiger partial charge < -0.3 is 15.0 Å². The third kappa shape index (κ3) is 4.87. The molecule has 0 radical (unpaired) electrons. The van der Waals surface area contributed by atoms with Crippen LogP contribution in [0, 0.1) is 6.92 Å². The van der Waals surface area contributed by atoms with E-state index in [-0.39, 0.29) is 6.03 Å². The summed E-state index contributed by atoms with van der Waals surface area (Å²) in [7, 11) is 0. The zero-order valence-corrected chi connectivity index (χ0v) is 15.7. The van der Waals surface area contributed by atoms with E-state index in [1.54, 1.807) is 0 Å². The van der Waals surface area contributed by atoms with E-state index in [9.17, 15) is 4.79 Å². The second-order valence-corrected chi connectivity index (χ2v) is 7.35. The number of para-hydroxylation sites is 1. The van der Waals surface area contributed by atoms with Crippen molar-refractivity contribution in [2.45, 2.75) is 38.6 Å². The SMILES string of the molecule is Cc1cccc(Cl)c1NC(=O)N1CCCC[C@@H]1CCN1CCOCC1. The van der Waals surface area contributed by atoms with Crippen molar-refractivity contribution in [1.29, 1.82) is 0 Å². The van der Waals surface area contributed by atoms with Gasteiger partial charge in [-0.2, -0.15) is 0 Å². The lowest BCUT2D eigenvalue weighted by molar-refractivity contribution is 0.0329. The molecule has 2 fully saturated rings. The van der Waals surface area contributed by atoms with Crippen molar-refractivity contribution in [2.24, 2.45) is 0 Å². The van der Waals surface area contributed by atoms with Gasteiger partial charge in [-0.3, -0.25) is 4.90 Å². The van der Waals surface area contributed by atoms with Gasteiger partial charge in [0, 0.05) is 32.2 Å². The van der Waals surface area contributed by atoms with Gasteiger partial charge in [-0.25, -0.2) is 4.79 Å². The number of urea groups is 1. The van der Waals surface area contributed by atoms with E-state index in [1.165, 1.54) is 6.42 Å². The summed E-state index contributed by atoms with van der Waals surface area (Å²) >= 11 is 6.26. The summed E-state index contributed by atoms with van der Waals surface area (Å²) in [4.78, 5) is 17.3. The van der Waals surface area contributed by atoms with Crippen molar-refractivity contribution in [2.75, 3.05) is 44.7 Å². The van der Waals surface area contributed by atoms with E-state index in [4.69, 9.17) is 16.3 Å². The number of halogens is 1. The number of ether oxygens (including phenoxy) is 1. The second kappa shape index (κ2) is 8.88. The topological polar surface area (TPSA) is 44.8 Å². The van der Waals surface area contributed by atoms with Crippen LogP contribution in [-0.2, 0) is 4.74 Å². The highest BCUT2D eigenvalue weighted by molar-refractivity contribution is 6.33. The van der Waals surface area contributed by atoms with Crippen molar-refractivity contribution < 1.29 is 9.53 Å². The highest BCUT2D eigenvalue weighted by Crippen LogP contribution is 2.27. The van der Waals surface area contributed by atoms with E-state index in [0.29, 0.717) is 11.1 Å². The van der Waals surface area contributed by atoms with E-state index >= 15 is 0 Å². The first kappa shape index (κ1) is 18.5. The molecule has 0 spiro atoms. The fourth-order valence-corrected chi connectivity index (χ4v) is 3.96. The molecule has 3 rings (SSSR count). The Morgan fingerprint density at radius 2 is 2.08 bits per heavy atom. The normalized spacial score (nSPS) is 22.0. The number of piperidine rings is 1. The van der Waals surface area contributed by atoms with Crippen molar-refractivity contribution >= 4 is 23.3 Å². The number of carbonyl (C=O) groups is 1. The molecular weight excluding hydrogens is 338 g/mol. The van der Waals surface area contributed by atoms with Gasteiger partial charge in [-0.05, 0) is 44.2 Å². The number of morpholine rings is 1. The minimum absolute atomic E-state index is 0.0251. The summed E-state index contributed by atoms with van der Waals surface area (Å²) in [5.74, 6) is 0. The third-order valence-electron chi connectivity index (χ3n) is 5.22. The van der Waals surface area contributed by atoms with Crippen molar-refractivity contribution in [3.8, 4) is 0 Å². The van der Waals surface area contributed by atoms with Crippen LogP contribution in [0.5, 0.6) is 0 Å². The highest BCUT2D eigenvalue weighted by Gasteiger charge is 2.27. The number of hydrogen-bond donors (Lipinski definition) is 1. The minimum atomic E-state index is -0.0251. The molecule has 5 nitrogen and oxygen atoms in total. The number of benzene rings is 1. The van der Waals surface area contributed by atoms with Gasteiger partial charge in [0.2, 0.25) is 0 Å². The standard InChI is InChI=1S/C19H28ClN3O2/c1-15-5-4-7-17(20)18(15)21-19(24)23-9-3-2-6-16(23)8-10-22-11-13-25-14-12-22/h4-5,7,16H,2-3,6,8-14H2,1H3,(H,21,24)/t16-/m1/s1. The Kier molecular flexibility index (Phi) is 6.57. The van der Waals surface area contributed by atoms with Crippen LogP contribution < -0.4 is 5.32 Å². The average Bonchev–Trinajstić information content (AvgIpc) is 2.64. The second-order valence-electron chi connectivity index (χ2n) is 6.95. The molecular formula is C19H28ClN3O2. The number of nitrogens with one attached hydrogen (secondary N) is 1. The number of amides is 2. The van der Waals surface area contributed by atoms with Crippen LogP contribution in [0.3, 0.4) is 0 Å². The first-order valence-corrected chi connectivity index (χ1v) is 9.66. The van der Waals surface area contributed by atoms with Gasteiger partial charge in [0.05, 0.1) is 23.9 Å². The predicted molar refractivity (Wildman–Crippen MR) is 101 cm³/mol. The first-order chi connectivity index (χ1) is 12.1. The molecule has 2 amide bonds. The molecule has 0 aliphatic carbocycles. The summed E-state index contributed by atoms with van der Waals surface area (Å²) < 4.78 is 5.41. The lowest BCUT2D eigenvalue weighted by Crippen LogP contribution is -2.48. The Hall–Kier alpha value is -1.30. The molecule has 25 heavy (non-hydrogen) atoms. The molecule has 6 heteroatoms. The van der Waals surface area contributed by atoms with Gasteiger partial charge in [0.15, 0.2) is 0 Å². The molecule has 138 valence electrons. The Balaban J connectivity index is 1.60. The Morgan fingerprint density at radius 1 is 1.28 bits per heavy atom. The van der Waals surface area contributed by atoms with Gasteiger partial charge in [-0.1, -0.05) is 23.7 Å². The van der Waals surface area contributed by atoms with Crippen LogP contribution in [0.1, 0.15) is 31.2 Å². The van der Waals surface area contributed by atoms with Crippen molar-refractivity contribution in [3.63, 3.8) is 0 Å². The maximum absolute atomic E-state index is 12.9. The van der Waals surface area contributed by atoms with Crippen LogP contribution in [0.25, 0.3) is 0 Å². The van der Waals surface area contributed by atoms with Gasteiger partial charge in [-0.15, -0.1) is 0 Å². The van der Waals surface area contributed by atoms with E-state index < -0.39 is 0 Å². The van der Waals surface area contributed by atoms with Crippen molar-refractivity contribution in [1.82, 2.24) is 9.80 Å². The maximum Gasteiger partial charge on any atom is 0.322 e. The Morgan fingerprint density at radius 3 is 2.84 bits per heavy atom. The fraction of sp³-hybridized carbons (Fsp3) is 0.632. The zero-order valence-electron chi connectivity index (χ0n) is 15.0. The molecule has 0 aromatic heterocycles. The Labute approximate surface area is 155 Å². The molecule has 0 unspecified atom stereocenters. The smallest absolute Gasteiger partial charge is 0.322 e. The number of aryl methyl sites for hydroxylation is 1. The number of carbonyl (C=O) groups excluding carboxylic acids is 1. The molecule has 2 saturated heterocycles. The molecule has 0 bridgehead atoms. The molecule has 0 saturated carbocycles. The first-order valence-electron chi connectivity index (χ1n) is 9.28. The van der Waals surface area contributed by atoms with Gasteiger partial charge in [0.25, 0.3) is 0 Å². The molecule has 1 aromatic rings. The van der Waals surface area contributed by atoms with Crippen LogP contribution in [0.4, 0.5) is 10.5 Å². The van der Waals surface area contributed by atoms with Gasteiger partial charge in [0.1, 0.15) is 0 Å². The van der Waals surface area contributed by atoms with Crippen LogP contribution >= 0.6 is 11.6 Å². The molecule has 2 heterocycles. The number of likely N-dealkylation sites (tertiary alicyclic amines) is 1. The zero-order chi connectivity index (χ0) is 17.6. The van der Waals surface area contributed by atoms with E-state index in [2.05, 4.69) is 10.2 Å². The third-order valence-corrected chi connectivity index (χ3v) is 5.54. The number of anilines is 1. The summed E-state index contributed by atoms with van der Waals surface area (Å²) in [6, 6.07) is 5.96. The Bertz CT molecular complexity index is 570. The lowest BCUT2D eigenvalue weighted by atomic mass is 9.99. The maximum atomic E-state index is 12.9. The van der Waals surface area contributed by atoms with Gasteiger partial charge >= 0.3 is 6.03 Å². The van der Waals surface area contributed by atoms with E-state index in [0.717, 1.165) is 69.9 Å². The minimum Gasteiger partial charge on any atom is -0.379 e. The number of nitrogens with zero attached hydrogens (tertiary/aromatic N) is 2. The predicted octanol–water partition coefficient (Wildman–Crippen LogP) is 3.76. The largest absolute Gasteiger partial charge is 0.379 e. The highest BCUT2D eigenvalue weighted by atomic mass is 35.5. The molecule has 1 atom stereocenters. The molecule has 2 aliphatic rings. The number of hydrogen-bond acceptors (Lipinski definition) is 3. The fourth-order valence-electron chi connectivity index (χ4n) is 3.69. The average molecular weight is 366 g/mol. The molecule has 1 aromatic carbocycles. The summed E-state index contributed by atoms with van der Waals surface area (Å²) in [6.45, 7) is 7.45. The lowest BCUT2D eigenvalue weighted by Gasteiger charge is -2.37. The number of rotatable bonds is 4. The molecule has 1 N–H and O–H groups in total. The quantitative estimate of drug-likeness (QED) is 0.883. The van der Waals surface area contributed by atoms with E-state index in [1.807, 2.05) is 30.0 Å². The summed E-state index contributed by atoms with van der Waals surface area (Å²) in [5.41, 5.74) is 1.72. The van der Waals surface area contributed by atoms with Crippen molar-refractivity contribution in [3.05, 3.63) is 28.8 Å². The summed E-state index contributed by atoms with van der Waals surface area (Å²) in [6.07, 6.45) is 4.37. The van der Waals surface area contributed by atoms with Crippen LogP contribution in [0.15, 0.2) is 18.2 Å². The summed E-state index contributed by atoms with van der Waals surface area (Å²) in [5, 5.41) is 3.63. The van der Waals surface area contributed by atoms with Crippen LogP contribution in [0.2, 0.25) is 5.02 Å².